The molecule has 7 heteroatoms. The van der Waals surface area contributed by atoms with Crippen LogP contribution in [0, 0.1) is 11.3 Å². The fourth-order valence-corrected chi connectivity index (χ4v) is 3.73. The van der Waals surface area contributed by atoms with Crippen LogP contribution in [0.25, 0.3) is 17.0 Å². The largest absolute Gasteiger partial charge is 0.494 e. The normalized spacial score (nSPS) is 11.0. The highest BCUT2D eigenvalue weighted by Gasteiger charge is 2.14. The van der Waals surface area contributed by atoms with Gasteiger partial charge in [-0.1, -0.05) is 42.5 Å². The van der Waals surface area contributed by atoms with Crippen LogP contribution in [0.5, 0.6) is 5.75 Å². The van der Waals surface area contributed by atoms with Crippen LogP contribution >= 0.6 is 0 Å². The Morgan fingerprint density at radius 3 is 2.49 bits per heavy atom. The van der Waals surface area contributed by atoms with Gasteiger partial charge < -0.3 is 19.9 Å². The maximum atomic E-state index is 12.8. The maximum Gasteiger partial charge on any atom is 0.266 e. The molecule has 1 heterocycles. The van der Waals surface area contributed by atoms with E-state index in [2.05, 4.69) is 10.6 Å². The summed E-state index contributed by atoms with van der Waals surface area (Å²) in [5.74, 6) is -0.0793. The molecule has 35 heavy (non-hydrogen) atoms. The van der Waals surface area contributed by atoms with Crippen molar-refractivity contribution in [3.63, 3.8) is 0 Å². The number of nitrogens with one attached hydrogen (secondary N) is 2. The average Bonchev–Trinajstić information content (AvgIpc) is 3.20. The second-order valence-electron chi connectivity index (χ2n) is 7.73. The molecule has 0 spiro atoms. The second kappa shape index (κ2) is 10.9. The third-order valence-electron chi connectivity index (χ3n) is 5.26. The zero-order chi connectivity index (χ0) is 24.6. The molecule has 174 valence electrons. The zero-order valence-electron chi connectivity index (χ0n) is 19.2. The van der Waals surface area contributed by atoms with Gasteiger partial charge in [-0.05, 0) is 43.3 Å². The Labute approximate surface area is 203 Å². The van der Waals surface area contributed by atoms with E-state index in [0.717, 1.165) is 10.9 Å². The number of para-hydroxylation sites is 2. The topological polar surface area (TPSA) is 96.2 Å². The van der Waals surface area contributed by atoms with E-state index in [0.29, 0.717) is 29.3 Å². The van der Waals surface area contributed by atoms with Gasteiger partial charge in [-0.3, -0.25) is 9.59 Å². The first-order valence-electron chi connectivity index (χ1n) is 11.2. The molecule has 0 aliphatic carbocycles. The van der Waals surface area contributed by atoms with Gasteiger partial charge in [-0.15, -0.1) is 0 Å². The van der Waals surface area contributed by atoms with Crippen molar-refractivity contribution in [1.29, 1.82) is 5.26 Å². The lowest BCUT2D eigenvalue weighted by molar-refractivity contribution is -0.116. The summed E-state index contributed by atoms with van der Waals surface area (Å²) in [4.78, 5) is 25.5. The number of rotatable bonds is 8. The molecule has 4 aromatic rings. The van der Waals surface area contributed by atoms with E-state index in [1.165, 1.54) is 6.08 Å². The molecule has 0 aliphatic heterocycles. The van der Waals surface area contributed by atoms with E-state index in [4.69, 9.17) is 4.74 Å². The summed E-state index contributed by atoms with van der Waals surface area (Å²) < 4.78 is 7.27. The molecule has 0 unspecified atom stereocenters. The molecule has 0 atom stereocenters. The molecular weight excluding hydrogens is 440 g/mol. The number of hydrogen-bond donors (Lipinski definition) is 2. The highest BCUT2D eigenvalue weighted by atomic mass is 16.5. The predicted octanol–water partition coefficient (Wildman–Crippen LogP) is 5.22. The number of benzene rings is 3. The summed E-state index contributed by atoms with van der Waals surface area (Å²) in [6, 6.07) is 25.8. The van der Waals surface area contributed by atoms with Crippen LogP contribution in [0.15, 0.2) is 90.6 Å². The number of carbonyl (C=O) groups excluding carboxylic acids is 2. The van der Waals surface area contributed by atoms with Crippen LogP contribution in [0.1, 0.15) is 12.5 Å². The van der Waals surface area contributed by atoms with Crippen molar-refractivity contribution < 1.29 is 14.3 Å². The maximum absolute atomic E-state index is 12.8. The van der Waals surface area contributed by atoms with Gasteiger partial charge in [0.2, 0.25) is 5.91 Å². The molecule has 2 amide bonds. The number of aromatic nitrogens is 1. The van der Waals surface area contributed by atoms with E-state index >= 15 is 0 Å². The van der Waals surface area contributed by atoms with Gasteiger partial charge in [0, 0.05) is 40.1 Å². The van der Waals surface area contributed by atoms with E-state index in [9.17, 15) is 14.9 Å². The van der Waals surface area contributed by atoms with Crippen LogP contribution in [-0.2, 0) is 16.1 Å². The minimum Gasteiger partial charge on any atom is -0.494 e. The van der Waals surface area contributed by atoms with Crippen LogP contribution in [0.2, 0.25) is 0 Å². The van der Waals surface area contributed by atoms with Crippen molar-refractivity contribution in [1.82, 2.24) is 4.57 Å². The quantitative estimate of drug-likeness (QED) is 0.276. The highest BCUT2D eigenvalue weighted by molar-refractivity contribution is 6.11. The number of carbonyl (C=O) groups is 2. The van der Waals surface area contributed by atoms with Crippen LogP contribution in [-0.4, -0.2) is 23.0 Å². The summed E-state index contributed by atoms with van der Waals surface area (Å²) in [6.07, 6.45) is 3.31. The lowest BCUT2D eigenvalue weighted by Crippen LogP contribution is -2.18. The van der Waals surface area contributed by atoms with Crippen molar-refractivity contribution in [3.05, 3.63) is 96.2 Å². The minimum absolute atomic E-state index is 0.0524. The number of nitrogens with zero attached hydrogens (tertiary/aromatic N) is 2. The molecule has 2 N–H and O–H groups in total. The minimum atomic E-state index is -0.528. The molecule has 1 aromatic heterocycles. The molecule has 0 aliphatic rings. The Hall–Kier alpha value is -4.83. The molecule has 0 saturated heterocycles. The Balaban J connectivity index is 1.58. The van der Waals surface area contributed by atoms with E-state index in [1.807, 2.05) is 67.6 Å². The summed E-state index contributed by atoms with van der Waals surface area (Å²) in [7, 11) is 0. The van der Waals surface area contributed by atoms with Crippen molar-refractivity contribution in [3.8, 4) is 11.8 Å². The Morgan fingerprint density at radius 1 is 0.971 bits per heavy atom. The van der Waals surface area contributed by atoms with Crippen molar-refractivity contribution in [2.45, 2.75) is 13.5 Å². The molecule has 4 rings (SSSR count). The number of fused-ring (bicyclic) bond motifs is 1. The molecule has 3 aromatic carbocycles. The SMILES string of the molecule is CCOc1cccc(NC(=O)/C(C#N)=C/c2cn(CC(=O)Nc3ccccc3)c3ccccc23)c1. The van der Waals surface area contributed by atoms with Gasteiger partial charge in [-0.25, -0.2) is 0 Å². The van der Waals surface area contributed by atoms with E-state index in [-0.39, 0.29) is 18.0 Å². The number of anilines is 2. The molecule has 0 fully saturated rings. The summed E-state index contributed by atoms with van der Waals surface area (Å²) in [5.41, 5.74) is 2.68. The summed E-state index contributed by atoms with van der Waals surface area (Å²) in [6.45, 7) is 2.47. The number of nitriles is 1. The van der Waals surface area contributed by atoms with Crippen molar-refractivity contribution in [2.24, 2.45) is 0 Å². The third kappa shape index (κ3) is 5.75. The van der Waals surface area contributed by atoms with Crippen molar-refractivity contribution in [2.75, 3.05) is 17.2 Å². The van der Waals surface area contributed by atoms with Crippen LogP contribution in [0.3, 0.4) is 0 Å². The standard InChI is InChI=1S/C28H24N4O3/c1-2-35-24-12-8-11-23(16-24)31-28(34)20(17-29)15-21-18-32(26-14-7-6-13-25(21)26)19-27(33)30-22-9-4-3-5-10-22/h3-16,18H,2,19H2,1H3,(H,30,33)(H,31,34)/b20-15+. The Morgan fingerprint density at radius 2 is 1.71 bits per heavy atom. The van der Waals surface area contributed by atoms with Gasteiger partial charge in [0.1, 0.15) is 23.9 Å². The first-order valence-corrected chi connectivity index (χ1v) is 11.2. The predicted molar refractivity (Wildman–Crippen MR) is 137 cm³/mol. The van der Waals surface area contributed by atoms with Crippen LogP contribution < -0.4 is 15.4 Å². The molecule has 0 saturated carbocycles. The number of ether oxygens (including phenoxy) is 1. The first-order chi connectivity index (χ1) is 17.1. The fraction of sp³-hybridized carbons (Fsp3) is 0.107. The lowest BCUT2D eigenvalue weighted by atomic mass is 10.1. The second-order valence-corrected chi connectivity index (χ2v) is 7.73. The molecule has 7 nitrogen and oxygen atoms in total. The lowest BCUT2D eigenvalue weighted by Gasteiger charge is -2.07. The molecule has 0 radical (unpaired) electrons. The van der Waals surface area contributed by atoms with E-state index < -0.39 is 5.91 Å². The molecule has 0 bridgehead atoms. The van der Waals surface area contributed by atoms with Gasteiger partial charge >= 0.3 is 0 Å². The first kappa shape index (κ1) is 23.3. The number of amides is 2. The van der Waals surface area contributed by atoms with Gasteiger partial charge in [0.25, 0.3) is 5.91 Å². The highest BCUT2D eigenvalue weighted by Crippen LogP contribution is 2.24. The fourth-order valence-electron chi connectivity index (χ4n) is 3.73. The number of hydrogen-bond acceptors (Lipinski definition) is 4. The summed E-state index contributed by atoms with van der Waals surface area (Å²) in [5, 5.41) is 16.1. The van der Waals surface area contributed by atoms with Crippen LogP contribution in [0.4, 0.5) is 11.4 Å². The molecular formula is C28H24N4O3. The Kier molecular flexibility index (Phi) is 7.24. The zero-order valence-corrected chi connectivity index (χ0v) is 19.2. The summed E-state index contributed by atoms with van der Waals surface area (Å²) >= 11 is 0. The average molecular weight is 465 g/mol. The third-order valence-corrected chi connectivity index (χ3v) is 5.26. The van der Waals surface area contributed by atoms with Gasteiger partial charge in [-0.2, -0.15) is 5.26 Å². The van der Waals surface area contributed by atoms with Crippen molar-refractivity contribution >= 4 is 40.2 Å². The monoisotopic (exact) mass is 464 g/mol. The Bertz CT molecular complexity index is 1430. The van der Waals surface area contributed by atoms with E-state index in [1.54, 1.807) is 35.0 Å². The smallest absolute Gasteiger partial charge is 0.266 e. The van der Waals surface area contributed by atoms with Gasteiger partial charge in [0.05, 0.1) is 6.61 Å². The van der Waals surface area contributed by atoms with Gasteiger partial charge in [0.15, 0.2) is 0 Å².